The molecule has 108 valence electrons. The van der Waals surface area contributed by atoms with Crippen molar-refractivity contribution in [2.24, 2.45) is 5.73 Å². The molecule has 0 heterocycles. The largest absolute Gasteiger partial charge is 0.366 e. The summed E-state index contributed by atoms with van der Waals surface area (Å²) in [7, 11) is 0. The third-order valence-electron chi connectivity index (χ3n) is 2.85. The lowest BCUT2D eigenvalue weighted by atomic mass is 10.1. The molecule has 0 bridgehead atoms. The average molecular weight is 290 g/mol. The highest BCUT2D eigenvalue weighted by Crippen LogP contribution is 2.09. The lowest BCUT2D eigenvalue weighted by Gasteiger charge is -2.06. The monoisotopic (exact) mass is 290 g/mol. The first-order valence-corrected chi connectivity index (χ1v) is 6.09. The van der Waals surface area contributed by atoms with Crippen LogP contribution in [0.2, 0.25) is 0 Å². The van der Waals surface area contributed by atoms with Crippen LogP contribution in [-0.4, -0.2) is 11.8 Å². The summed E-state index contributed by atoms with van der Waals surface area (Å²) in [5.74, 6) is -3.21. The molecule has 0 saturated carbocycles. The zero-order valence-electron chi connectivity index (χ0n) is 10.9. The van der Waals surface area contributed by atoms with E-state index in [1.54, 1.807) is 24.3 Å². The van der Waals surface area contributed by atoms with Crippen molar-refractivity contribution in [2.45, 2.75) is 6.54 Å². The van der Waals surface area contributed by atoms with Crippen LogP contribution in [0.15, 0.2) is 42.5 Å². The van der Waals surface area contributed by atoms with Crippen molar-refractivity contribution >= 4 is 11.8 Å². The molecule has 0 fully saturated rings. The van der Waals surface area contributed by atoms with Gasteiger partial charge in [-0.05, 0) is 35.9 Å². The molecule has 2 rings (SSSR count). The molecule has 0 aliphatic carbocycles. The minimum atomic E-state index is -1.08. The van der Waals surface area contributed by atoms with Gasteiger partial charge in [0.25, 0.3) is 5.91 Å². The van der Waals surface area contributed by atoms with Crippen LogP contribution in [0.5, 0.6) is 0 Å². The van der Waals surface area contributed by atoms with Gasteiger partial charge in [-0.2, -0.15) is 0 Å². The zero-order chi connectivity index (χ0) is 15.4. The summed E-state index contributed by atoms with van der Waals surface area (Å²) in [6, 6.07) is 9.35. The van der Waals surface area contributed by atoms with Gasteiger partial charge >= 0.3 is 0 Å². The Kier molecular flexibility index (Phi) is 4.27. The fourth-order valence-corrected chi connectivity index (χ4v) is 1.76. The Hall–Kier alpha value is -2.76. The molecule has 6 heteroatoms. The molecular formula is C15H12F2N2O2. The molecule has 2 aromatic carbocycles. The third kappa shape index (κ3) is 3.62. The summed E-state index contributed by atoms with van der Waals surface area (Å²) in [6.45, 7) is 0.138. The first-order chi connectivity index (χ1) is 9.97. The number of rotatable bonds is 4. The second kappa shape index (κ2) is 6.13. The van der Waals surface area contributed by atoms with E-state index in [1.807, 2.05) is 0 Å². The van der Waals surface area contributed by atoms with E-state index in [0.717, 1.165) is 12.1 Å². The van der Waals surface area contributed by atoms with Gasteiger partial charge in [-0.15, -0.1) is 0 Å². The number of halogens is 2. The van der Waals surface area contributed by atoms with Crippen molar-refractivity contribution in [3.05, 3.63) is 70.8 Å². The van der Waals surface area contributed by atoms with Crippen molar-refractivity contribution < 1.29 is 18.4 Å². The SMILES string of the molecule is NC(=O)c1cccc(CNC(=O)c2ccc(F)c(F)c2)c1. The molecule has 0 spiro atoms. The quantitative estimate of drug-likeness (QED) is 0.904. The number of hydrogen-bond acceptors (Lipinski definition) is 2. The molecule has 0 atom stereocenters. The Bertz CT molecular complexity index is 702. The number of benzene rings is 2. The van der Waals surface area contributed by atoms with Crippen LogP contribution in [0, 0.1) is 11.6 Å². The van der Waals surface area contributed by atoms with Crippen LogP contribution in [-0.2, 0) is 6.54 Å². The van der Waals surface area contributed by atoms with Gasteiger partial charge in [-0.1, -0.05) is 12.1 Å². The number of amides is 2. The summed E-state index contributed by atoms with van der Waals surface area (Å²) in [6.07, 6.45) is 0. The van der Waals surface area contributed by atoms with Crippen molar-refractivity contribution in [1.82, 2.24) is 5.32 Å². The lowest BCUT2D eigenvalue weighted by molar-refractivity contribution is 0.0949. The average Bonchev–Trinajstić information content (AvgIpc) is 2.48. The third-order valence-corrected chi connectivity index (χ3v) is 2.85. The summed E-state index contributed by atoms with van der Waals surface area (Å²) in [5.41, 5.74) is 6.17. The number of carbonyl (C=O) groups is 2. The highest BCUT2D eigenvalue weighted by molar-refractivity contribution is 5.94. The maximum absolute atomic E-state index is 13.0. The summed E-state index contributed by atoms with van der Waals surface area (Å²) >= 11 is 0. The van der Waals surface area contributed by atoms with E-state index >= 15 is 0 Å². The Morgan fingerprint density at radius 2 is 1.76 bits per heavy atom. The maximum atomic E-state index is 13.0. The topological polar surface area (TPSA) is 72.2 Å². The standard InChI is InChI=1S/C15H12F2N2O2/c16-12-5-4-11(7-13(12)17)15(21)19-8-9-2-1-3-10(6-9)14(18)20/h1-7H,8H2,(H2,18,20)(H,19,21). The Labute approximate surface area is 119 Å². The Balaban J connectivity index is 2.05. The van der Waals surface area contributed by atoms with Gasteiger partial charge < -0.3 is 11.1 Å². The molecule has 3 N–H and O–H groups in total. The minimum absolute atomic E-state index is 0.0138. The van der Waals surface area contributed by atoms with Crippen LogP contribution < -0.4 is 11.1 Å². The first kappa shape index (κ1) is 14.6. The van der Waals surface area contributed by atoms with Gasteiger partial charge in [0.05, 0.1) is 0 Å². The molecule has 2 aromatic rings. The predicted molar refractivity (Wildman–Crippen MR) is 72.5 cm³/mol. The molecule has 2 amide bonds. The maximum Gasteiger partial charge on any atom is 0.251 e. The number of primary amides is 1. The van der Waals surface area contributed by atoms with Crippen LogP contribution in [0.4, 0.5) is 8.78 Å². The van der Waals surface area contributed by atoms with Gasteiger partial charge in [0.15, 0.2) is 11.6 Å². The predicted octanol–water partition coefficient (Wildman–Crippen LogP) is 1.99. The lowest BCUT2D eigenvalue weighted by Crippen LogP contribution is -2.23. The number of hydrogen-bond donors (Lipinski definition) is 2. The van der Waals surface area contributed by atoms with E-state index in [0.29, 0.717) is 11.1 Å². The fourth-order valence-electron chi connectivity index (χ4n) is 1.76. The van der Waals surface area contributed by atoms with E-state index in [1.165, 1.54) is 6.07 Å². The van der Waals surface area contributed by atoms with Crippen molar-refractivity contribution in [3.63, 3.8) is 0 Å². The smallest absolute Gasteiger partial charge is 0.251 e. The summed E-state index contributed by atoms with van der Waals surface area (Å²) in [5, 5.41) is 2.55. The van der Waals surface area contributed by atoms with Crippen LogP contribution in [0.3, 0.4) is 0 Å². The van der Waals surface area contributed by atoms with Crippen LogP contribution in [0.25, 0.3) is 0 Å². The van der Waals surface area contributed by atoms with Crippen molar-refractivity contribution in [1.29, 1.82) is 0 Å². The zero-order valence-corrected chi connectivity index (χ0v) is 10.9. The Morgan fingerprint density at radius 1 is 1.00 bits per heavy atom. The molecule has 0 aliphatic heterocycles. The van der Waals surface area contributed by atoms with Gasteiger partial charge in [-0.25, -0.2) is 8.78 Å². The van der Waals surface area contributed by atoms with E-state index in [-0.39, 0.29) is 12.1 Å². The normalized spacial score (nSPS) is 10.2. The number of nitrogens with one attached hydrogen (secondary N) is 1. The van der Waals surface area contributed by atoms with Gasteiger partial charge in [0.1, 0.15) is 0 Å². The van der Waals surface area contributed by atoms with E-state index in [2.05, 4.69) is 5.32 Å². The molecule has 0 saturated heterocycles. The molecule has 0 radical (unpaired) electrons. The van der Waals surface area contributed by atoms with Gasteiger partial charge in [-0.3, -0.25) is 9.59 Å². The molecular weight excluding hydrogens is 278 g/mol. The highest BCUT2D eigenvalue weighted by Gasteiger charge is 2.09. The van der Waals surface area contributed by atoms with Crippen LogP contribution in [0.1, 0.15) is 26.3 Å². The van der Waals surface area contributed by atoms with E-state index in [4.69, 9.17) is 5.73 Å². The Morgan fingerprint density at radius 3 is 2.43 bits per heavy atom. The highest BCUT2D eigenvalue weighted by atomic mass is 19.2. The van der Waals surface area contributed by atoms with Gasteiger partial charge in [0.2, 0.25) is 5.91 Å². The molecule has 0 aliphatic rings. The van der Waals surface area contributed by atoms with Gasteiger partial charge in [0, 0.05) is 17.7 Å². The second-order valence-electron chi connectivity index (χ2n) is 4.38. The summed E-state index contributed by atoms with van der Waals surface area (Å²) in [4.78, 5) is 22.8. The molecule has 0 aromatic heterocycles. The summed E-state index contributed by atoms with van der Waals surface area (Å²) < 4.78 is 25.8. The van der Waals surface area contributed by atoms with Crippen LogP contribution >= 0.6 is 0 Å². The van der Waals surface area contributed by atoms with E-state index in [9.17, 15) is 18.4 Å². The van der Waals surface area contributed by atoms with Crippen molar-refractivity contribution in [2.75, 3.05) is 0 Å². The minimum Gasteiger partial charge on any atom is -0.366 e. The molecule has 4 nitrogen and oxygen atoms in total. The molecule has 0 unspecified atom stereocenters. The number of carbonyl (C=O) groups excluding carboxylic acids is 2. The van der Waals surface area contributed by atoms with Crippen molar-refractivity contribution in [3.8, 4) is 0 Å². The van der Waals surface area contributed by atoms with E-state index < -0.39 is 23.4 Å². The fraction of sp³-hybridized carbons (Fsp3) is 0.0667. The molecule has 21 heavy (non-hydrogen) atoms. The second-order valence-corrected chi connectivity index (χ2v) is 4.38. The first-order valence-electron chi connectivity index (χ1n) is 6.09. The number of nitrogens with two attached hydrogens (primary N) is 1.